The van der Waals surface area contributed by atoms with Crippen molar-refractivity contribution in [2.75, 3.05) is 5.88 Å². The molecule has 1 heterocycles. The topological polar surface area (TPSA) is 17.8 Å². The van der Waals surface area contributed by atoms with Crippen LogP contribution in [-0.2, 0) is 6.54 Å². The number of rotatable bonds is 5. The van der Waals surface area contributed by atoms with E-state index in [0.717, 1.165) is 24.4 Å². The average Bonchev–Trinajstić information content (AvgIpc) is 2.68. The molecule has 0 unspecified atom stereocenters. The Kier molecular flexibility index (Phi) is 4.06. The summed E-state index contributed by atoms with van der Waals surface area (Å²) in [4.78, 5) is 4.46. The molecule has 0 saturated carbocycles. The number of unbranched alkanes of at least 4 members (excludes halogenated alkanes) is 2. The minimum absolute atomic E-state index is 0.767. The highest BCUT2D eigenvalue weighted by atomic mass is 35.5. The first kappa shape index (κ1) is 12.4. The molecule has 0 amide bonds. The van der Waals surface area contributed by atoms with Gasteiger partial charge in [-0.25, -0.2) is 4.98 Å². The van der Waals surface area contributed by atoms with Crippen molar-refractivity contribution in [1.29, 1.82) is 0 Å². The molecular weight excluding hydrogens is 232 g/mol. The first-order chi connectivity index (χ1) is 8.22. The summed E-state index contributed by atoms with van der Waals surface area (Å²) in [5.74, 6) is 0.767. The summed E-state index contributed by atoms with van der Waals surface area (Å²) in [6.45, 7) is 5.32. The number of imidazole rings is 1. The van der Waals surface area contributed by atoms with Gasteiger partial charge < -0.3 is 4.57 Å². The number of halogens is 1. The maximum Gasteiger partial charge on any atom is 0.0958 e. The SMILES string of the molecule is Cc1cc2ncn(CCCCCCl)c2cc1C. The number of aromatic nitrogens is 2. The van der Waals surface area contributed by atoms with Gasteiger partial charge in [-0.05, 0) is 49.9 Å². The van der Waals surface area contributed by atoms with Crippen LogP contribution >= 0.6 is 11.6 Å². The number of aryl methyl sites for hydroxylation is 3. The van der Waals surface area contributed by atoms with E-state index >= 15 is 0 Å². The average molecular weight is 251 g/mol. The third-order valence-electron chi connectivity index (χ3n) is 3.27. The van der Waals surface area contributed by atoms with Gasteiger partial charge in [-0.1, -0.05) is 6.42 Å². The quantitative estimate of drug-likeness (QED) is 0.578. The van der Waals surface area contributed by atoms with Crippen molar-refractivity contribution in [3.63, 3.8) is 0 Å². The lowest BCUT2D eigenvalue weighted by molar-refractivity contribution is 0.614. The van der Waals surface area contributed by atoms with Crippen LogP contribution in [0.5, 0.6) is 0 Å². The highest BCUT2D eigenvalue weighted by molar-refractivity contribution is 6.17. The molecule has 1 aromatic carbocycles. The lowest BCUT2D eigenvalue weighted by Gasteiger charge is -2.05. The minimum Gasteiger partial charge on any atom is -0.331 e. The molecule has 3 heteroatoms. The fourth-order valence-corrected chi connectivity index (χ4v) is 2.23. The van der Waals surface area contributed by atoms with Gasteiger partial charge in [0.15, 0.2) is 0 Å². The summed E-state index contributed by atoms with van der Waals surface area (Å²) in [7, 11) is 0. The minimum atomic E-state index is 0.767. The Morgan fingerprint density at radius 1 is 1.12 bits per heavy atom. The summed E-state index contributed by atoms with van der Waals surface area (Å²) < 4.78 is 2.25. The van der Waals surface area contributed by atoms with Gasteiger partial charge in [0.2, 0.25) is 0 Å². The molecule has 0 bridgehead atoms. The molecule has 92 valence electrons. The summed E-state index contributed by atoms with van der Waals surface area (Å²) in [6.07, 6.45) is 5.41. The monoisotopic (exact) mass is 250 g/mol. The number of benzene rings is 1. The van der Waals surface area contributed by atoms with Gasteiger partial charge in [0, 0.05) is 12.4 Å². The third-order valence-corrected chi connectivity index (χ3v) is 3.54. The standard InChI is InChI=1S/C14H19ClN2/c1-11-8-13-14(9-12(11)2)17(10-16-13)7-5-3-4-6-15/h8-10H,3-7H2,1-2H3. The molecular formula is C14H19ClN2. The van der Waals surface area contributed by atoms with Crippen molar-refractivity contribution in [3.05, 3.63) is 29.6 Å². The maximum absolute atomic E-state index is 5.68. The second kappa shape index (κ2) is 5.54. The first-order valence-corrected chi connectivity index (χ1v) is 6.74. The summed E-state index contributed by atoms with van der Waals surface area (Å²) in [5, 5.41) is 0. The van der Waals surface area contributed by atoms with Crippen molar-refractivity contribution in [2.24, 2.45) is 0 Å². The molecule has 2 rings (SSSR count). The van der Waals surface area contributed by atoms with Gasteiger partial charge in [-0.3, -0.25) is 0 Å². The van der Waals surface area contributed by atoms with Gasteiger partial charge in [0.05, 0.1) is 17.4 Å². The molecule has 2 aromatic rings. The van der Waals surface area contributed by atoms with Gasteiger partial charge in [0.1, 0.15) is 0 Å². The molecule has 0 atom stereocenters. The van der Waals surface area contributed by atoms with Crippen LogP contribution in [0.3, 0.4) is 0 Å². The molecule has 17 heavy (non-hydrogen) atoms. The van der Waals surface area contributed by atoms with Crippen LogP contribution in [0.1, 0.15) is 30.4 Å². The van der Waals surface area contributed by atoms with Crippen LogP contribution < -0.4 is 0 Å². The van der Waals surface area contributed by atoms with Crippen LogP contribution in [0.4, 0.5) is 0 Å². The second-order valence-electron chi connectivity index (χ2n) is 4.61. The zero-order chi connectivity index (χ0) is 12.3. The fourth-order valence-electron chi connectivity index (χ4n) is 2.04. The highest BCUT2D eigenvalue weighted by Gasteiger charge is 2.04. The molecule has 0 fully saturated rings. The largest absolute Gasteiger partial charge is 0.331 e. The number of alkyl halides is 1. The van der Waals surface area contributed by atoms with E-state index in [1.165, 1.54) is 29.5 Å². The van der Waals surface area contributed by atoms with E-state index in [9.17, 15) is 0 Å². The van der Waals surface area contributed by atoms with Crippen LogP contribution in [0.15, 0.2) is 18.5 Å². The van der Waals surface area contributed by atoms with Gasteiger partial charge >= 0.3 is 0 Å². The van der Waals surface area contributed by atoms with E-state index in [1.54, 1.807) is 0 Å². The lowest BCUT2D eigenvalue weighted by Crippen LogP contribution is -1.96. The van der Waals surface area contributed by atoms with Crippen molar-refractivity contribution in [2.45, 2.75) is 39.7 Å². The molecule has 0 aliphatic carbocycles. The summed E-state index contributed by atoms with van der Waals surface area (Å²) in [6, 6.07) is 4.40. The van der Waals surface area contributed by atoms with Gasteiger partial charge in [-0.2, -0.15) is 0 Å². The molecule has 1 aromatic heterocycles. The number of hydrogen-bond acceptors (Lipinski definition) is 1. The van der Waals surface area contributed by atoms with E-state index in [4.69, 9.17) is 11.6 Å². The molecule has 2 nitrogen and oxygen atoms in total. The zero-order valence-corrected chi connectivity index (χ0v) is 11.3. The lowest BCUT2D eigenvalue weighted by atomic mass is 10.1. The molecule has 0 spiro atoms. The van der Waals surface area contributed by atoms with Crippen LogP contribution in [0.25, 0.3) is 11.0 Å². The van der Waals surface area contributed by atoms with Crippen molar-refractivity contribution >= 4 is 22.6 Å². The van der Waals surface area contributed by atoms with Crippen LogP contribution in [0, 0.1) is 13.8 Å². The number of nitrogens with zero attached hydrogens (tertiary/aromatic N) is 2. The normalized spacial score (nSPS) is 11.2. The van der Waals surface area contributed by atoms with Crippen LogP contribution in [0.2, 0.25) is 0 Å². The molecule has 0 aliphatic heterocycles. The van der Waals surface area contributed by atoms with E-state index in [1.807, 2.05) is 6.33 Å². The predicted octanol–water partition coefficient (Wildman–Crippen LogP) is 4.06. The highest BCUT2D eigenvalue weighted by Crippen LogP contribution is 2.18. The zero-order valence-electron chi connectivity index (χ0n) is 10.5. The molecule has 0 saturated heterocycles. The van der Waals surface area contributed by atoms with Crippen molar-refractivity contribution in [3.8, 4) is 0 Å². The second-order valence-corrected chi connectivity index (χ2v) is 4.99. The van der Waals surface area contributed by atoms with Gasteiger partial charge in [-0.15, -0.1) is 11.6 Å². The van der Waals surface area contributed by atoms with E-state index in [-0.39, 0.29) is 0 Å². The Labute approximate surface area is 108 Å². The Bertz CT molecular complexity index is 502. The van der Waals surface area contributed by atoms with E-state index in [2.05, 4.69) is 35.5 Å². The Hall–Kier alpha value is -1.02. The molecule has 0 aliphatic rings. The Morgan fingerprint density at radius 2 is 1.88 bits per heavy atom. The van der Waals surface area contributed by atoms with Crippen molar-refractivity contribution < 1.29 is 0 Å². The number of fused-ring (bicyclic) bond motifs is 1. The number of hydrogen-bond donors (Lipinski definition) is 0. The smallest absolute Gasteiger partial charge is 0.0958 e. The third kappa shape index (κ3) is 2.81. The van der Waals surface area contributed by atoms with Gasteiger partial charge in [0.25, 0.3) is 0 Å². The maximum atomic E-state index is 5.68. The van der Waals surface area contributed by atoms with Crippen molar-refractivity contribution in [1.82, 2.24) is 9.55 Å². The fraction of sp³-hybridized carbons (Fsp3) is 0.500. The Balaban J connectivity index is 2.15. The van der Waals surface area contributed by atoms with E-state index in [0.29, 0.717) is 0 Å². The van der Waals surface area contributed by atoms with Crippen LogP contribution in [-0.4, -0.2) is 15.4 Å². The Morgan fingerprint density at radius 3 is 2.65 bits per heavy atom. The molecule has 0 radical (unpaired) electrons. The molecule has 0 N–H and O–H groups in total. The van der Waals surface area contributed by atoms with E-state index < -0.39 is 0 Å². The predicted molar refractivity (Wildman–Crippen MR) is 73.8 cm³/mol. The first-order valence-electron chi connectivity index (χ1n) is 6.20. The summed E-state index contributed by atoms with van der Waals surface area (Å²) in [5.41, 5.74) is 4.99. The summed E-state index contributed by atoms with van der Waals surface area (Å²) >= 11 is 5.68.